The van der Waals surface area contributed by atoms with Gasteiger partial charge in [0.15, 0.2) is 0 Å². The maximum Gasteiger partial charge on any atom is 0.544 e. The highest BCUT2D eigenvalue weighted by atomic mass is 35.5. The van der Waals surface area contributed by atoms with Crippen LogP contribution in [0.5, 0.6) is 11.5 Å². The molecule has 1 amide bonds. The first-order valence-corrected chi connectivity index (χ1v) is 10.6. The molecule has 0 aliphatic carbocycles. The van der Waals surface area contributed by atoms with E-state index in [4.69, 9.17) is 32.2 Å². The van der Waals surface area contributed by atoms with Crippen molar-refractivity contribution in [3.63, 3.8) is 0 Å². The first-order chi connectivity index (χ1) is 14.3. The number of nitro groups is 1. The van der Waals surface area contributed by atoms with Crippen LogP contribution in [-0.4, -0.2) is 10.8 Å². The summed E-state index contributed by atoms with van der Waals surface area (Å²) in [4.78, 5) is 23.2. The molecule has 0 aliphatic heterocycles. The first-order valence-electron chi connectivity index (χ1n) is 8.32. The van der Waals surface area contributed by atoms with Crippen molar-refractivity contribution < 1.29 is 23.3 Å². The van der Waals surface area contributed by atoms with Gasteiger partial charge in [0.2, 0.25) is 0 Å². The van der Waals surface area contributed by atoms with Gasteiger partial charge in [-0.3, -0.25) is 14.9 Å². The molecular formula is C19H13Cl2N2O6P. The number of halogens is 2. The van der Waals surface area contributed by atoms with Crippen molar-refractivity contribution >= 4 is 42.5 Å². The molecule has 0 atom stereocenters. The second-order valence-corrected chi connectivity index (χ2v) is 8.26. The molecule has 3 aromatic carbocycles. The predicted octanol–water partition coefficient (Wildman–Crippen LogP) is 5.90. The third kappa shape index (κ3) is 5.51. The Kier molecular flexibility index (Phi) is 6.62. The predicted molar refractivity (Wildman–Crippen MR) is 112 cm³/mol. The SMILES string of the molecule is O=C(NP(=O)(Oc1ccc(Cl)cc1)Oc1ccc(Cl)cc1)c1ccccc1[N+](=O)[O-]. The van der Waals surface area contributed by atoms with Crippen molar-refractivity contribution in [2.24, 2.45) is 0 Å². The van der Waals surface area contributed by atoms with E-state index in [-0.39, 0.29) is 17.1 Å². The number of para-hydroxylation sites is 1. The molecule has 0 aromatic heterocycles. The van der Waals surface area contributed by atoms with Gasteiger partial charge in [0.25, 0.3) is 11.6 Å². The van der Waals surface area contributed by atoms with Gasteiger partial charge in [-0.1, -0.05) is 35.3 Å². The molecule has 0 heterocycles. The molecule has 0 saturated heterocycles. The highest BCUT2D eigenvalue weighted by molar-refractivity contribution is 7.53. The Bertz CT molecular complexity index is 1070. The third-order valence-corrected chi connectivity index (χ3v) is 5.55. The Balaban J connectivity index is 1.93. The van der Waals surface area contributed by atoms with E-state index in [0.717, 1.165) is 6.07 Å². The van der Waals surface area contributed by atoms with Gasteiger partial charge in [-0.2, -0.15) is 0 Å². The van der Waals surface area contributed by atoms with Gasteiger partial charge in [0.05, 0.1) is 4.92 Å². The summed E-state index contributed by atoms with van der Waals surface area (Å²) in [7, 11) is -4.37. The van der Waals surface area contributed by atoms with Crippen LogP contribution in [0.1, 0.15) is 10.4 Å². The van der Waals surface area contributed by atoms with Gasteiger partial charge >= 0.3 is 7.75 Å². The zero-order valence-electron chi connectivity index (χ0n) is 15.0. The van der Waals surface area contributed by atoms with Crippen molar-refractivity contribution in [2.45, 2.75) is 0 Å². The average Bonchev–Trinajstić information content (AvgIpc) is 2.71. The van der Waals surface area contributed by atoms with Gasteiger partial charge in [-0.15, -0.1) is 0 Å². The molecule has 11 heteroatoms. The van der Waals surface area contributed by atoms with Crippen LogP contribution in [0.2, 0.25) is 10.0 Å². The summed E-state index contributed by atoms with van der Waals surface area (Å²) >= 11 is 11.7. The summed E-state index contributed by atoms with van der Waals surface area (Å²) in [6.07, 6.45) is 0. The van der Waals surface area contributed by atoms with E-state index in [9.17, 15) is 19.5 Å². The van der Waals surface area contributed by atoms with Crippen LogP contribution >= 0.6 is 30.9 Å². The number of amides is 1. The number of hydrogen-bond donors (Lipinski definition) is 1. The smallest absolute Gasteiger partial charge is 0.400 e. The molecule has 3 aromatic rings. The largest absolute Gasteiger partial charge is 0.544 e. The summed E-state index contributed by atoms with van der Waals surface area (Å²) < 4.78 is 24.2. The Morgan fingerprint density at radius 1 is 0.867 bits per heavy atom. The molecule has 3 rings (SSSR count). The summed E-state index contributed by atoms with van der Waals surface area (Å²) in [6, 6.07) is 16.9. The van der Waals surface area contributed by atoms with E-state index in [1.807, 2.05) is 0 Å². The van der Waals surface area contributed by atoms with Crippen LogP contribution in [-0.2, 0) is 4.57 Å². The minimum atomic E-state index is -4.37. The zero-order chi connectivity index (χ0) is 21.7. The Morgan fingerprint density at radius 3 is 1.80 bits per heavy atom. The second kappa shape index (κ2) is 9.17. The molecule has 30 heavy (non-hydrogen) atoms. The molecule has 1 N–H and O–H groups in total. The van der Waals surface area contributed by atoms with Gasteiger partial charge < -0.3 is 9.05 Å². The summed E-state index contributed by atoms with van der Waals surface area (Å²) in [5.41, 5.74) is -0.762. The topological polar surface area (TPSA) is 108 Å². The van der Waals surface area contributed by atoms with Gasteiger partial charge in [0, 0.05) is 16.1 Å². The summed E-state index contributed by atoms with van der Waals surface area (Å²) in [6.45, 7) is 0. The molecule has 0 bridgehead atoms. The number of nitrogens with one attached hydrogen (secondary N) is 1. The first kappa shape index (κ1) is 21.6. The van der Waals surface area contributed by atoms with Gasteiger partial charge in [-0.25, -0.2) is 9.65 Å². The van der Waals surface area contributed by atoms with E-state index >= 15 is 0 Å². The number of carbonyl (C=O) groups is 1. The fourth-order valence-corrected chi connectivity index (χ4v) is 3.89. The number of hydrogen-bond acceptors (Lipinski definition) is 6. The van der Waals surface area contributed by atoms with Gasteiger partial charge in [0.1, 0.15) is 17.1 Å². The summed E-state index contributed by atoms with van der Waals surface area (Å²) in [5, 5.41) is 14.2. The molecular weight excluding hydrogens is 454 g/mol. The molecule has 154 valence electrons. The molecule has 0 fully saturated rings. The molecule has 0 radical (unpaired) electrons. The van der Waals surface area contributed by atoms with E-state index in [2.05, 4.69) is 5.09 Å². The van der Waals surface area contributed by atoms with Gasteiger partial charge in [-0.05, 0) is 54.6 Å². The van der Waals surface area contributed by atoms with Crippen molar-refractivity contribution in [3.05, 3.63) is 98.5 Å². The molecule has 0 saturated carbocycles. The van der Waals surface area contributed by atoms with Crippen molar-refractivity contribution in [1.82, 2.24) is 5.09 Å². The van der Waals surface area contributed by atoms with E-state index in [0.29, 0.717) is 10.0 Å². The maximum atomic E-state index is 13.4. The average molecular weight is 467 g/mol. The Labute approximate surface area is 181 Å². The monoisotopic (exact) mass is 466 g/mol. The minimum absolute atomic E-state index is 0.0968. The van der Waals surface area contributed by atoms with E-state index in [1.54, 1.807) is 0 Å². The lowest BCUT2D eigenvalue weighted by molar-refractivity contribution is -0.385. The quantitative estimate of drug-likeness (QED) is 0.264. The molecule has 0 spiro atoms. The number of nitrogens with zero attached hydrogens (tertiary/aromatic N) is 1. The van der Waals surface area contributed by atoms with Crippen LogP contribution in [0.25, 0.3) is 0 Å². The number of benzene rings is 3. The van der Waals surface area contributed by atoms with E-state index < -0.39 is 24.3 Å². The van der Waals surface area contributed by atoms with Crippen LogP contribution in [0.15, 0.2) is 72.8 Å². The minimum Gasteiger partial charge on any atom is -0.400 e. The van der Waals surface area contributed by atoms with Crippen molar-refractivity contribution in [1.29, 1.82) is 0 Å². The zero-order valence-corrected chi connectivity index (χ0v) is 17.4. The van der Waals surface area contributed by atoms with Crippen molar-refractivity contribution in [2.75, 3.05) is 0 Å². The highest BCUT2D eigenvalue weighted by Crippen LogP contribution is 2.45. The van der Waals surface area contributed by atoms with Crippen molar-refractivity contribution in [3.8, 4) is 11.5 Å². The summed E-state index contributed by atoms with van der Waals surface area (Å²) in [5.74, 6) is -0.812. The molecule has 8 nitrogen and oxygen atoms in total. The highest BCUT2D eigenvalue weighted by Gasteiger charge is 2.34. The lowest BCUT2D eigenvalue weighted by Crippen LogP contribution is -2.26. The fourth-order valence-electron chi connectivity index (χ4n) is 2.34. The number of rotatable bonds is 7. The van der Waals surface area contributed by atoms with Crippen LogP contribution < -0.4 is 14.1 Å². The third-order valence-electron chi connectivity index (χ3n) is 3.66. The number of nitro benzene ring substituents is 1. The Morgan fingerprint density at radius 2 is 1.33 bits per heavy atom. The van der Waals surface area contributed by atoms with E-state index in [1.165, 1.54) is 66.7 Å². The van der Waals surface area contributed by atoms with Crippen LogP contribution in [0.3, 0.4) is 0 Å². The second-order valence-electron chi connectivity index (χ2n) is 5.80. The Hall–Kier alpha value is -3.06. The van der Waals surface area contributed by atoms with Crippen LogP contribution in [0, 0.1) is 10.1 Å². The molecule has 0 aliphatic rings. The van der Waals surface area contributed by atoms with Crippen LogP contribution in [0.4, 0.5) is 5.69 Å². The molecule has 0 unspecified atom stereocenters. The standard InChI is InChI=1S/C19H13Cl2N2O6P/c20-13-5-9-15(10-6-13)28-30(27,29-16-11-7-14(21)8-12-16)22-19(24)17-3-1-2-4-18(17)23(25)26/h1-12H,(H,22,24,27). The fraction of sp³-hybridized carbons (Fsp3) is 0. The number of carbonyl (C=O) groups excluding carboxylic acids is 1. The maximum absolute atomic E-state index is 13.4. The lowest BCUT2D eigenvalue weighted by Gasteiger charge is -2.20. The lowest BCUT2D eigenvalue weighted by atomic mass is 10.2. The normalized spacial score (nSPS) is 10.9.